The van der Waals surface area contributed by atoms with Crippen molar-refractivity contribution >= 4 is 23.4 Å². The zero-order valence-electron chi connectivity index (χ0n) is 10.7. The van der Waals surface area contributed by atoms with Gasteiger partial charge in [-0.1, -0.05) is 0 Å². The molecule has 0 aliphatic heterocycles. The molecule has 1 aromatic carbocycles. The fraction of sp³-hybridized carbons (Fsp3) is 0.417. The average Bonchev–Trinajstić information content (AvgIpc) is 2.38. The van der Waals surface area contributed by atoms with Crippen LogP contribution in [0.5, 0.6) is 0 Å². The summed E-state index contributed by atoms with van der Waals surface area (Å²) in [6.07, 6.45) is -2.64. The number of nitrogen functional groups attached to an aromatic ring is 1. The second kappa shape index (κ2) is 7.39. The molecule has 4 nitrogen and oxygen atoms in total. The number of benzene rings is 1. The van der Waals surface area contributed by atoms with Crippen LogP contribution in [0.25, 0.3) is 0 Å². The van der Waals surface area contributed by atoms with Crippen LogP contribution in [0.15, 0.2) is 23.1 Å². The zero-order valence-corrected chi connectivity index (χ0v) is 11.5. The van der Waals surface area contributed by atoms with Crippen LogP contribution >= 0.6 is 11.8 Å². The van der Waals surface area contributed by atoms with Crippen molar-refractivity contribution in [1.82, 2.24) is 5.43 Å². The maximum atomic E-state index is 12.5. The van der Waals surface area contributed by atoms with Crippen LogP contribution in [0.3, 0.4) is 0 Å². The van der Waals surface area contributed by atoms with E-state index in [9.17, 15) is 18.0 Å². The van der Waals surface area contributed by atoms with Crippen molar-refractivity contribution in [2.24, 2.45) is 5.84 Å². The van der Waals surface area contributed by atoms with E-state index in [0.29, 0.717) is 23.5 Å². The van der Waals surface area contributed by atoms with Gasteiger partial charge in [0.05, 0.1) is 5.56 Å². The normalized spacial score (nSPS) is 11.4. The van der Waals surface area contributed by atoms with Gasteiger partial charge in [-0.05, 0) is 36.8 Å². The van der Waals surface area contributed by atoms with Gasteiger partial charge < -0.3 is 5.73 Å². The van der Waals surface area contributed by atoms with Gasteiger partial charge in [-0.25, -0.2) is 5.84 Å². The molecule has 1 amide bonds. The summed E-state index contributed by atoms with van der Waals surface area (Å²) in [5.74, 6) is 5.38. The lowest BCUT2D eigenvalue weighted by molar-refractivity contribution is -0.137. The van der Waals surface area contributed by atoms with E-state index < -0.39 is 11.7 Å². The monoisotopic (exact) mass is 307 g/mol. The number of nitrogens with two attached hydrogens (primary N) is 2. The topological polar surface area (TPSA) is 81.1 Å². The number of rotatable bonds is 6. The highest BCUT2D eigenvalue weighted by molar-refractivity contribution is 7.99. The molecule has 1 aromatic rings. The minimum absolute atomic E-state index is 0.115. The third kappa shape index (κ3) is 5.30. The summed E-state index contributed by atoms with van der Waals surface area (Å²) in [6.45, 7) is 0. The number of hydrogen-bond donors (Lipinski definition) is 3. The first-order chi connectivity index (χ1) is 9.34. The summed E-state index contributed by atoms with van der Waals surface area (Å²) >= 11 is 1.37. The number of anilines is 1. The Kier molecular flexibility index (Phi) is 6.15. The predicted molar refractivity (Wildman–Crippen MR) is 72.8 cm³/mol. The van der Waals surface area contributed by atoms with Crippen LogP contribution in [-0.2, 0) is 11.0 Å². The lowest BCUT2D eigenvalue weighted by Crippen LogP contribution is -2.29. The first-order valence-electron chi connectivity index (χ1n) is 5.93. The SMILES string of the molecule is NNC(=O)CCCCSc1ccc(C(F)(F)F)cc1N. The molecule has 1 rings (SSSR count). The van der Waals surface area contributed by atoms with E-state index in [4.69, 9.17) is 11.6 Å². The van der Waals surface area contributed by atoms with E-state index in [-0.39, 0.29) is 11.6 Å². The minimum Gasteiger partial charge on any atom is -0.398 e. The van der Waals surface area contributed by atoms with Crippen LogP contribution < -0.4 is 17.0 Å². The van der Waals surface area contributed by atoms with Crippen molar-refractivity contribution in [3.63, 3.8) is 0 Å². The fourth-order valence-corrected chi connectivity index (χ4v) is 2.46. The Morgan fingerprint density at radius 2 is 2.00 bits per heavy atom. The molecule has 0 fully saturated rings. The third-order valence-electron chi connectivity index (χ3n) is 2.55. The van der Waals surface area contributed by atoms with Gasteiger partial charge >= 0.3 is 6.18 Å². The number of alkyl halides is 3. The number of carbonyl (C=O) groups excluding carboxylic acids is 1. The first kappa shape index (κ1) is 16.6. The molecular formula is C12H16F3N3OS. The highest BCUT2D eigenvalue weighted by Crippen LogP contribution is 2.34. The van der Waals surface area contributed by atoms with Crippen molar-refractivity contribution in [3.05, 3.63) is 23.8 Å². The summed E-state index contributed by atoms with van der Waals surface area (Å²) in [5.41, 5.74) is 7.00. The highest BCUT2D eigenvalue weighted by Gasteiger charge is 2.30. The zero-order chi connectivity index (χ0) is 15.2. The van der Waals surface area contributed by atoms with Gasteiger partial charge in [0.1, 0.15) is 0 Å². The van der Waals surface area contributed by atoms with Gasteiger partial charge in [0.15, 0.2) is 0 Å². The molecule has 0 aromatic heterocycles. The molecule has 0 atom stereocenters. The number of thioether (sulfide) groups is 1. The van der Waals surface area contributed by atoms with Crippen LogP contribution in [0, 0.1) is 0 Å². The lowest BCUT2D eigenvalue weighted by Gasteiger charge is -2.10. The largest absolute Gasteiger partial charge is 0.416 e. The van der Waals surface area contributed by atoms with Crippen molar-refractivity contribution in [3.8, 4) is 0 Å². The van der Waals surface area contributed by atoms with Crippen LogP contribution in [-0.4, -0.2) is 11.7 Å². The van der Waals surface area contributed by atoms with E-state index in [2.05, 4.69) is 0 Å². The molecule has 0 aliphatic rings. The molecule has 8 heteroatoms. The number of hydrogen-bond acceptors (Lipinski definition) is 4. The molecule has 0 bridgehead atoms. The highest BCUT2D eigenvalue weighted by atomic mass is 32.2. The van der Waals surface area contributed by atoms with E-state index in [1.807, 2.05) is 5.43 Å². The van der Waals surface area contributed by atoms with E-state index in [1.54, 1.807) is 0 Å². The smallest absolute Gasteiger partial charge is 0.398 e. The van der Waals surface area contributed by atoms with Crippen LogP contribution in [0.2, 0.25) is 0 Å². The minimum atomic E-state index is -4.38. The van der Waals surface area contributed by atoms with Gasteiger partial charge in [-0.2, -0.15) is 13.2 Å². The molecule has 0 spiro atoms. The summed E-state index contributed by atoms with van der Waals surface area (Å²) in [5, 5.41) is 0. The molecule has 0 heterocycles. The van der Waals surface area contributed by atoms with E-state index in [0.717, 1.165) is 18.6 Å². The Morgan fingerprint density at radius 1 is 1.30 bits per heavy atom. The van der Waals surface area contributed by atoms with Gasteiger partial charge in [0.2, 0.25) is 5.91 Å². The Bertz CT molecular complexity index is 466. The quantitative estimate of drug-likeness (QED) is 0.188. The Labute approximate surface area is 119 Å². The number of nitrogens with one attached hydrogen (secondary N) is 1. The number of carbonyl (C=O) groups is 1. The van der Waals surface area contributed by atoms with E-state index in [1.165, 1.54) is 17.8 Å². The van der Waals surface area contributed by atoms with Crippen LogP contribution in [0.1, 0.15) is 24.8 Å². The lowest BCUT2D eigenvalue weighted by atomic mass is 10.2. The maximum Gasteiger partial charge on any atom is 0.416 e. The van der Waals surface area contributed by atoms with Crippen molar-refractivity contribution in [2.45, 2.75) is 30.3 Å². The second-order valence-corrected chi connectivity index (χ2v) is 5.26. The molecule has 0 unspecified atom stereocenters. The first-order valence-corrected chi connectivity index (χ1v) is 6.92. The average molecular weight is 307 g/mol. The van der Waals surface area contributed by atoms with Gasteiger partial charge in [-0.3, -0.25) is 10.2 Å². The molecule has 20 heavy (non-hydrogen) atoms. The molecule has 0 saturated carbocycles. The summed E-state index contributed by atoms with van der Waals surface area (Å²) in [6, 6.07) is 3.32. The standard InChI is InChI=1S/C12H16F3N3OS/c13-12(14,15)8-4-5-10(9(16)7-8)20-6-2-1-3-11(19)18-17/h4-5,7H,1-3,6,16-17H2,(H,18,19). The molecule has 5 N–H and O–H groups in total. The number of unbranched alkanes of at least 4 members (excludes halogenated alkanes) is 1. The predicted octanol–water partition coefficient (Wildman–Crippen LogP) is 2.54. The van der Waals surface area contributed by atoms with Crippen molar-refractivity contribution < 1.29 is 18.0 Å². The van der Waals surface area contributed by atoms with Gasteiger partial charge in [0.25, 0.3) is 0 Å². The van der Waals surface area contributed by atoms with Gasteiger partial charge in [0, 0.05) is 17.0 Å². The molecular weight excluding hydrogens is 291 g/mol. The summed E-state index contributed by atoms with van der Waals surface area (Å²) < 4.78 is 37.4. The fourth-order valence-electron chi connectivity index (χ4n) is 1.50. The summed E-state index contributed by atoms with van der Waals surface area (Å²) in [7, 11) is 0. The Morgan fingerprint density at radius 3 is 2.55 bits per heavy atom. The van der Waals surface area contributed by atoms with Crippen molar-refractivity contribution in [1.29, 1.82) is 0 Å². The summed E-state index contributed by atoms with van der Waals surface area (Å²) in [4.78, 5) is 11.5. The van der Waals surface area contributed by atoms with E-state index >= 15 is 0 Å². The van der Waals surface area contributed by atoms with Crippen LogP contribution in [0.4, 0.5) is 18.9 Å². The number of halogens is 3. The molecule has 0 saturated heterocycles. The maximum absolute atomic E-state index is 12.5. The second-order valence-electron chi connectivity index (χ2n) is 4.12. The molecule has 0 radical (unpaired) electrons. The third-order valence-corrected chi connectivity index (χ3v) is 3.73. The van der Waals surface area contributed by atoms with Crippen molar-refractivity contribution in [2.75, 3.05) is 11.5 Å². The number of hydrazine groups is 1. The Balaban J connectivity index is 2.43. The van der Waals surface area contributed by atoms with Gasteiger partial charge in [-0.15, -0.1) is 11.8 Å². The molecule has 0 aliphatic carbocycles. The Hall–Kier alpha value is -1.41. The molecule has 112 valence electrons. The number of amides is 1.